The Bertz CT molecular complexity index is 484. The molecule has 116 valence electrons. The molecule has 0 unspecified atom stereocenters. The van der Waals surface area contributed by atoms with Gasteiger partial charge in [0.05, 0.1) is 0 Å². The first-order valence-electron chi connectivity index (χ1n) is 7.21. The van der Waals surface area contributed by atoms with Crippen LogP contribution in [-0.2, 0) is 16.0 Å². The van der Waals surface area contributed by atoms with Gasteiger partial charge in [-0.3, -0.25) is 4.79 Å². The number of aliphatic hydroxyl groups excluding tert-OH is 1. The Hall–Kier alpha value is -1.10. The number of halogens is 1. The molecule has 0 saturated carbocycles. The van der Waals surface area contributed by atoms with Crippen molar-refractivity contribution in [2.24, 2.45) is 5.41 Å². The number of carbonyl (C=O) groups excluding carboxylic acids is 1. The first-order chi connectivity index (χ1) is 10.1. The molecule has 5 heteroatoms. The van der Waals surface area contributed by atoms with E-state index >= 15 is 0 Å². The van der Waals surface area contributed by atoms with Crippen LogP contribution in [0, 0.1) is 5.41 Å². The molecule has 1 aliphatic heterocycles. The number of hydrogen-bond donors (Lipinski definition) is 1. The highest BCUT2D eigenvalue weighted by molar-refractivity contribution is 6.31. The Kier molecular flexibility index (Phi) is 5.62. The van der Waals surface area contributed by atoms with Crippen LogP contribution in [0.4, 0.5) is 0 Å². The summed E-state index contributed by atoms with van der Waals surface area (Å²) in [6.07, 6.45) is 2.31. The molecule has 1 saturated heterocycles. The van der Waals surface area contributed by atoms with Crippen molar-refractivity contribution in [2.75, 3.05) is 33.4 Å². The summed E-state index contributed by atoms with van der Waals surface area (Å²) in [7, 11) is 1.53. The van der Waals surface area contributed by atoms with Gasteiger partial charge in [-0.25, -0.2) is 0 Å². The summed E-state index contributed by atoms with van der Waals surface area (Å²) in [5.74, 6) is 0.0155. The number of piperidine rings is 1. The maximum absolute atomic E-state index is 11.8. The Balaban J connectivity index is 2.01. The highest BCUT2D eigenvalue weighted by Gasteiger charge is 2.35. The van der Waals surface area contributed by atoms with Crippen molar-refractivity contribution in [1.29, 1.82) is 0 Å². The van der Waals surface area contributed by atoms with Gasteiger partial charge in [0.25, 0.3) is 0 Å². The first kappa shape index (κ1) is 16.3. The predicted molar refractivity (Wildman–Crippen MR) is 82.4 cm³/mol. The largest absolute Gasteiger partial charge is 0.396 e. The van der Waals surface area contributed by atoms with E-state index in [0.717, 1.165) is 29.8 Å². The van der Waals surface area contributed by atoms with Gasteiger partial charge in [0.1, 0.15) is 6.61 Å². The fourth-order valence-corrected chi connectivity index (χ4v) is 3.08. The maximum atomic E-state index is 11.8. The summed E-state index contributed by atoms with van der Waals surface area (Å²) < 4.78 is 4.89. The van der Waals surface area contributed by atoms with Gasteiger partial charge in [0.15, 0.2) is 0 Å². The Morgan fingerprint density at radius 3 is 2.62 bits per heavy atom. The molecule has 4 nitrogen and oxygen atoms in total. The second kappa shape index (κ2) is 7.25. The van der Waals surface area contributed by atoms with Crippen LogP contribution in [0.3, 0.4) is 0 Å². The Labute approximate surface area is 130 Å². The molecule has 2 rings (SSSR count). The van der Waals surface area contributed by atoms with Crippen LogP contribution >= 0.6 is 11.6 Å². The Morgan fingerprint density at radius 2 is 2.05 bits per heavy atom. The van der Waals surface area contributed by atoms with E-state index in [-0.39, 0.29) is 24.5 Å². The third kappa shape index (κ3) is 3.96. The van der Waals surface area contributed by atoms with Gasteiger partial charge in [0.2, 0.25) is 5.91 Å². The molecule has 0 atom stereocenters. The molecule has 0 aromatic heterocycles. The molecule has 1 fully saturated rings. The number of methoxy groups -OCH3 is 1. The van der Waals surface area contributed by atoms with Crippen molar-refractivity contribution in [3.05, 3.63) is 34.9 Å². The molecule has 1 N–H and O–H groups in total. The van der Waals surface area contributed by atoms with Gasteiger partial charge in [-0.15, -0.1) is 0 Å². The average molecular weight is 312 g/mol. The van der Waals surface area contributed by atoms with E-state index in [1.165, 1.54) is 7.11 Å². The normalized spacial score (nSPS) is 17.8. The minimum Gasteiger partial charge on any atom is -0.396 e. The summed E-state index contributed by atoms with van der Waals surface area (Å²) in [6, 6.07) is 7.74. The van der Waals surface area contributed by atoms with Crippen LogP contribution in [0.15, 0.2) is 24.3 Å². The Morgan fingerprint density at radius 1 is 1.38 bits per heavy atom. The van der Waals surface area contributed by atoms with E-state index in [1.54, 1.807) is 0 Å². The monoisotopic (exact) mass is 311 g/mol. The van der Waals surface area contributed by atoms with Crippen molar-refractivity contribution < 1.29 is 14.6 Å². The SMILES string of the molecule is COCC(=O)N1CCC(CO)(Cc2ccccc2Cl)CC1. The minimum atomic E-state index is -0.186. The summed E-state index contributed by atoms with van der Waals surface area (Å²) in [6.45, 7) is 1.56. The number of nitrogens with zero attached hydrogens (tertiary/aromatic N) is 1. The average Bonchev–Trinajstić information content (AvgIpc) is 2.50. The van der Waals surface area contributed by atoms with E-state index in [2.05, 4.69) is 0 Å². The number of hydrogen-bond acceptors (Lipinski definition) is 3. The molecule has 0 bridgehead atoms. The summed E-state index contributed by atoms with van der Waals surface area (Å²) >= 11 is 6.22. The molecule has 1 aromatic carbocycles. The van der Waals surface area contributed by atoms with Gasteiger partial charge in [-0.2, -0.15) is 0 Å². The summed E-state index contributed by atoms with van der Waals surface area (Å²) in [4.78, 5) is 13.6. The number of carbonyl (C=O) groups is 1. The van der Waals surface area contributed by atoms with Gasteiger partial charge in [-0.05, 0) is 30.9 Å². The maximum Gasteiger partial charge on any atom is 0.248 e. The fraction of sp³-hybridized carbons (Fsp3) is 0.562. The van der Waals surface area contributed by atoms with E-state index in [9.17, 15) is 9.90 Å². The lowest BCUT2D eigenvalue weighted by Crippen LogP contribution is -2.46. The number of rotatable bonds is 5. The zero-order valence-electron chi connectivity index (χ0n) is 12.3. The molecular formula is C16H22ClNO3. The van der Waals surface area contributed by atoms with E-state index in [0.29, 0.717) is 13.1 Å². The van der Waals surface area contributed by atoms with Gasteiger partial charge in [0, 0.05) is 37.2 Å². The molecule has 0 spiro atoms. The fourth-order valence-electron chi connectivity index (χ4n) is 2.88. The van der Waals surface area contributed by atoms with Gasteiger partial charge in [-0.1, -0.05) is 29.8 Å². The number of amides is 1. The molecule has 1 amide bonds. The van der Waals surface area contributed by atoms with Crippen molar-refractivity contribution in [3.8, 4) is 0 Å². The van der Waals surface area contributed by atoms with Crippen LogP contribution in [-0.4, -0.2) is 49.3 Å². The number of aliphatic hydroxyl groups is 1. The first-order valence-corrected chi connectivity index (χ1v) is 7.59. The summed E-state index contributed by atoms with van der Waals surface area (Å²) in [5, 5.41) is 10.6. The standard InChI is InChI=1S/C16H22ClNO3/c1-21-11-15(20)18-8-6-16(12-19,7-9-18)10-13-4-2-3-5-14(13)17/h2-5,19H,6-12H2,1H3. The molecule has 0 aliphatic carbocycles. The van der Waals surface area contributed by atoms with Crippen LogP contribution in [0.5, 0.6) is 0 Å². The zero-order valence-corrected chi connectivity index (χ0v) is 13.1. The number of benzene rings is 1. The second-order valence-corrected chi connectivity index (χ2v) is 6.15. The third-order valence-electron chi connectivity index (χ3n) is 4.30. The van der Waals surface area contributed by atoms with Crippen molar-refractivity contribution in [3.63, 3.8) is 0 Å². The predicted octanol–water partition coefficient (Wildman–Crippen LogP) is 2.13. The van der Waals surface area contributed by atoms with Crippen molar-refractivity contribution in [1.82, 2.24) is 4.90 Å². The number of ether oxygens (including phenoxy) is 1. The van der Waals surface area contributed by atoms with E-state index < -0.39 is 0 Å². The topological polar surface area (TPSA) is 49.8 Å². The van der Waals surface area contributed by atoms with Crippen molar-refractivity contribution in [2.45, 2.75) is 19.3 Å². The minimum absolute atomic E-state index is 0.0155. The van der Waals surface area contributed by atoms with Gasteiger partial charge >= 0.3 is 0 Å². The lowest BCUT2D eigenvalue weighted by Gasteiger charge is -2.41. The van der Waals surface area contributed by atoms with Crippen LogP contribution in [0.2, 0.25) is 5.02 Å². The van der Waals surface area contributed by atoms with E-state index in [1.807, 2.05) is 29.2 Å². The molecule has 21 heavy (non-hydrogen) atoms. The lowest BCUT2D eigenvalue weighted by molar-refractivity contribution is -0.138. The smallest absolute Gasteiger partial charge is 0.248 e. The second-order valence-electron chi connectivity index (χ2n) is 5.74. The number of likely N-dealkylation sites (tertiary alicyclic amines) is 1. The third-order valence-corrected chi connectivity index (χ3v) is 4.67. The van der Waals surface area contributed by atoms with E-state index in [4.69, 9.17) is 16.3 Å². The van der Waals surface area contributed by atoms with Gasteiger partial charge < -0.3 is 14.7 Å². The van der Waals surface area contributed by atoms with Crippen LogP contribution in [0.1, 0.15) is 18.4 Å². The molecule has 1 aromatic rings. The van der Waals surface area contributed by atoms with Crippen LogP contribution in [0.25, 0.3) is 0 Å². The molecule has 1 heterocycles. The molecule has 1 aliphatic rings. The summed E-state index contributed by atoms with van der Waals surface area (Å²) in [5.41, 5.74) is 0.874. The molecule has 0 radical (unpaired) electrons. The highest BCUT2D eigenvalue weighted by atomic mass is 35.5. The van der Waals surface area contributed by atoms with Crippen molar-refractivity contribution >= 4 is 17.5 Å². The zero-order chi connectivity index (χ0) is 15.3. The molecular weight excluding hydrogens is 290 g/mol. The quantitative estimate of drug-likeness (QED) is 0.906. The lowest BCUT2D eigenvalue weighted by atomic mass is 9.74. The van der Waals surface area contributed by atoms with Crippen LogP contribution < -0.4 is 0 Å². The highest BCUT2D eigenvalue weighted by Crippen LogP contribution is 2.36.